The Morgan fingerprint density at radius 1 is 1.04 bits per heavy atom. The minimum absolute atomic E-state index is 0.0262. The summed E-state index contributed by atoms with van der Waals surface area (Å²) < 4.78 is 38.8. The van der Waals surface area contributed by atoms with Crippen molar-refractivity contribution in [1.82, 2.24) is 0 Å². The van der Waals surface area contributed by atoms with Crippen LogP contribution < -0.4 is 5.32 Å². The third-order valence-electron chi connectivity index (χ3n) is 2.74. The maximum absolute atomic E-state index is 12.9. The van der Waals surface area contributed by atoms with E-state index >= 15 is 0 Å². The van der Waals surface area contributed by atoms with Crippen LogP contribution in [0.2, 0.25) is 10.0 Å². The number of carbonyl (C=O) groups excluding carboxylic acids is 1. The molecule has 0 heterocycles. The molecule has 2 aromatic rings. The quantitative estimate of drug-likeness (QED) is 0.685. The topological polar surface area (TPSA) is 29.1 Å². The zero-order valence-corrected chi connectivity index (χ0v) is 13.8. The van der Waals surface area contributed by atoms with Crippen molar-refractivity contribution in [1.29, 1.82) is 0 Å². The number of amides is 1. The SMILES string of the molecule is O=C(CSc1ccc(Cl)cc1)Nc1ccc(Cl)cc1C(F)(F)F. The highest BCUT2D eigenvalue weighted by Crippen LogP contribution is 2.36. The lowest BCUT2D eigenvalue weighted by atomic mass is 10.1. The zero-order chi connectivity index (χ0) is 17.0. The molecule has 1 amide bonds. The Morgan fingerprint density at radius 2 is 1.65 bits per heavy atom. The number of hydrogen-bond donors (Lipinski definition) is 1. The number of alkyl halides is 3. The molecule has 0 unspecified atom stereocenters. The minimum Gasteiger partial charge on any atom is -0.325 e. The maximum atomic E-state index is 12.9. The molecule has 23 heavy (non-hydrogen) atoms. The van der Waals surface area contributed by atoms with E-state index in [1.165, 1.54) is 17.8 Å². The fourth-order valence-corrected chi connectivity index (χ4v) is 2.72. The molecule has 0 saturated heterocycles. The van der Waals surface area contributed by atoms with E-state index in [4.69, 9.17) is 23.2 Å². The molecule has 0 radical (unpaired) electrons. The van der Waals surface area contributed by atoms with E-state index in [2.05, 4.69) is 5.32 Å². The standard InChI is InChI=1S/C15H10Cl2F3NOS/c16-9-1-4-11(5-2-9)23-8-14(22)21-13-6-3-10(17)7-12(13)15(18,19)20/h1-7H,8H2,(H,21,22). The molecule has 0 saturated carbocycles. The molecule has 0 bridgehead atoms. The predicted molar refractivity (Wildman–Crippen MR) is 87.3 cm³/mol. The molecule has 2 nitrogen and oxygen atoms in total. The first kappa shape index (κ1) is 18.0. The second-order valence-corrected chi connectivity index (χ2v) is 6.40. The Morgan fingerprint density at radius 3 is 2.26 bits per heavy atom. The number of halogens is 5. The molecule has 0 aliphatic carbocycles. The molecule has 0 aromatic heterocycles. The van der Waals surface area contributed by atoms with Crippen LogP contribution in [0.5, 0.6) is 0 Å². The number of carbonyl (C=O) groups is 1. The van der Waals surface area contributed by atoms with Crippen molar-refractivity contribution in [2.75, 3.05) is 11.1 Å². The molecular weight excluding hydrogens is 370 g/mol. The van der Waals surface area contributed by atoms with Crippen LogP contribution in [0.25, 0.3) is 0 Å². The van der Waals surface area contributed by atoms with Gasteiger partial charge in [-0.2, -0.15) is 13.2 Å². The second-order valence-electron chi connectivity index (χ2n) is 4.48. The van der Waals surface area contributed by atoms with Gasteiger partial charge in [-0.1, -0.05) is 23.2 Å². The molecule has 2 rings (SSSR count). The Kier molecular flexibility index (Phi) is 5.84. The fraction of sp³-hybridized carbons (Fsp3) is 0.133. The van der Waals surface area contributed by atoms with Gasteiger partial charge >= 0.3 is 6.18 Å². The molecule has 0 fully saturated rings. The van der Waals surface area contributed by atoms with Gasteiger partial charge in [0.25, 0.3) is 0 Å². The molecule has 1 N–H and O–H groups in total. The molecule has 0 aliphatic heterocycles. The van der Waals surface area contributed by atoms with Gasteiger partial charge in [-0.15, -0.1) is 11.8 Å². The van der Waals surface area contributed by atoms with Crippen LogP contribution in [-0.4, -0.2) is 11.7 Å². The van der Waals surface area contributed by atoms with E-state index in [0.717, 1.165) is 17.0 Å². The molecule has 2 aromatic carbocycles. The number of nitrogens with one attached hydrogen (secondary N) is 1. The molecule has 122 valence electrons. The van der Waals surface area contributed by atoms with E-state index in [0.29, 0.717) is 5.02 Å². The fourth-order valence-electron chi connectivity index (χ4n) is 1.73. The molecule has 0 aliphatic rings. The third kappa shape index (κ3) is 5.34. The van der Waals surface area contributed by atoms with Crippen LogP contribution in [-0.2, 0) is 11.0 Å². The summed E-state index contributed by atoms with van der Waals surface area (Å²) in [5.41, 5.74) is -1.29. The number of hydrogen-bond acceptors (Lipinski definition) is 2. The number of benzene rings is 2. The van der Waals surface area contributed by atoms with Crippen LogP contribution in [0.1, 0.15) is 5.56 Å². The van der Waals surface area contributed by atoms with Crippen molar-refractivity contribution in [2.45, 2.75) is 11.1 Å². The lowest BCUT2D eigenvalue weighted by Gasteiger charge is -2.14. The van der Waals surface area contributed by atoms with Crippen LogP contribution in [0.3, 0.4) is 0 Å². The van der Waals surface area contributed by atoms with Gasteiger partial charge in [0, 0.05) is 14.9 Å². The summed E-state index contributed by atoms with van der Waals surface area (Å²) in [6, 6.07) is 10.00. The highest BCUT2D eigenvalue weighted by atomic mass is 35.5. The first-order valence-corrected chi connectivity index (χ1v) is 8.05. The first-order chi connectivity index (χ1) is 10.8. The van der Waals surface area contributed by atoms with Gasteiger partial charge in [-0.05, 0) is 42.5 Å². The van der Waals surface area contributed by atoms with Crippen LogP contribution in [0, 0.1) is 0 Å². The average Bonchev–Trinajstić information content (AvgIpc) is 2.47. The van der Waals surface area contributed by atoms with Gasteiger partial charge < -0.3 is 5.32 Å². The van der Waals surface area contributed by atoms with Gasteiger partial charge in [0.2, 0.25) is 5.91 Å². The highest BCUT2D eigenvalue weighted by molar-refractivity contribution is 8.00. The normalized spacial score (nSPS) is 11.3. The molecule has 8 heteroatoms. The van der Waals surface area contributed by atoms with Crippen molar-refractivity contribution < 1.29 is 18.0 Å². The predicted octanol–water partition coefficient (Wildman–Crippen LogP) is 5.74. The van der Waals surface area contributed by atoms with Crippen molar-refractivity contribution in [3.63, 3.8) is 0 Å². The van der Waals surface area contributed by atoms with Crippen molar-refractivity contribution in [3.05, 3.63) is 58.1 Å². The number of anilines is 1. The summed E-state index contributed by atoms with van der Waals surface area (Å²) in [6.45, 7) is 0. The van der Waals surface area contributed by atoms with Gasteiger partial charge in [-0.3, -0.25) is 4.79 Å². The number of rotatable bonds is 4. The summed E-state index contributed by atoms with van der Waals surface area (Å²) in [7, 11) is 0. The lowest BCUT2D eigenvalue weighted by molar-refractivity contribution is -0.137. The van der Waals surface area contributed by atoms with Gasteiger partial charge in [0.15, 0.2) is 0 Å². The van der Waals surface area contributed by atoms with Gasteiger partial charge in [0.05, 0.1) is 17.0 Å². The van der Waals surface area contributed by atoms with E-state index < -0.39 is 17.6 Å². The molecular formula is C15H10Cl2F3NOS. The largest absolute Gasteiger partial charge is 0.418 e. The number of thioether (sulfide) groups is 1. The third-order valence-corrected chi connectivity index (χ3v) is 4.24. The van der Waals surface area contributed by atoms with E-state index in [-0.39, 0.29) is 16.5 Å². The zero-order valence-electron chi connectivity index (χ0n) is 11.5. The van der Waals surface area contributed by atoms with Crippen molar-refractivity contribution >= 4 is 46.6 Å². The Balaban J connectivity index is 2.04. The Hall–Kier alpha value is -1.37. The average molecular weight is 380 g/mol. The lowest BCUT2D eigenvalue weighted by Crippen LogP contribution is -2.18. The summed E-state index contributed by atoms with van der Waals surface area (Å²) in [4.78, 5) is 12.6. The van der Waals surface area contributed by atoms with Crippen LogP contribution >= 0.6 is 35.0 Å². The Bertz CT molecular complexity index is 705. The van der Waals surface area contributed by atoms with Crippen LogP contribution in [0.15, 0.2) is 47.4 Å². The summed E-state index contributed by atoms with van der Waals surface area (Å²) in [5, 5.41) is 2.78. The summed E-state index contributed by atoms with van der Waals surface area (Å²) in [5.74, 6) is -0.570. The summed E-state index contributed by atoms with van der Waals surface area (Å²) >= 11 is 12.5. The second kappa shape index (κ2) is 7.47. The Labute approximate surface area is 145 Å². The van der Waals surface area contributed by atoms with Gasteiger partial charge in [0.1, 0.15) is 0 Å². The van der Waals surface area contributed by atoms with Gasteiger partial charge in [-0.25, -0.2) is 0 Å². The highest BCUT2D eigenvalue weighted by Gasteiger charge is 2.34. The van der Waals surface area contributed by atoms with Crippen molar-refractivity contribution in [3.8, 4) is 0 Å². The summed E-state index contributed by atoms with van der Waals surface area (Å²) in [6.07, 6.45) is -4.60. The van der Waals surface area contributed by atoms with E-state index in [9.17, 15) is 18.0 Å². The van der Waals surface area contributed by atoms with E-state index in [1.54, 1.807) is 24.3 Å². The monoisotopic (exact) mass is 379 g/mol. The first-order valence-electron chi connectivity index (χ1n) is 6.30. The smallest absolute Gasteiger partial charge is 0.325 e. The van der Waals surface area contributed by atoms with Crippen molar-refractivity contribution in [2.24, 2.45) is 0 Å². The van der Waals surface area contributed by atoms with E-state index in [1.807, 2.05) is 0 Å². The minimum atomic E-state index is -4.60. The maximum Gasteiger partial charge on any atom is 0.418 e. The van der Waals surface area contributed by atoms with Crippen LogP contribution in [0.4, 0.5) is 18.9 Å². The molecule has 0 atom stereocenters. The molecule has 0 spiro atoms.